The molecule has 4 N–H and O–H groups in total. The molecule has 1 aromatic heterocycles. The molecule has 0 aliphatic carbocycles. The fraction of sp³-hybridized carbons (Fsp3) is 0.333. The van der Waals surface area contributed by atoms with Gasteiger partial charge in [0.1, 0.15) is 23.7 Å². The third-order valence-electron chi connectivity index (χ3n) is 4.83. The number of fused-ring (bicyclic) bond motifs is 1. The van der Waals surface area contributed by atoms with Crippen molar-refractivity contribution < 1.29 is 23.2 Å². The molecule has 35 heavy (non-hydrogen) atoms. The van der Waals surface area contributed by atoms with Crippen LogP contribution < -0.4 is 20.1 Å². The number of aliphatic hydroxyl groups is 1. The second-order valence-corrected chi connectivity index (χ2v) is 11.3. The lowest BCUT2D eigenvalue weighted by Gasteiger charge is -2.21. The van der Waals surface area contributed by atoms with Gasteiger partial charge >= 0.3 is 0 Å². The fourth-order valence-electron chi connectivity index (χ4n) is 3.31. The average molecular weight is 504 g/mol. The third-order valence-corrected chi connectivity index (χ3v) is 5.50. The highest BCUT2D eigenvalue weighted by atomic mass is 32.2. The molecule has 0 radical (unpaired) electrons. The lowest BCUT2D eigenvalue weighted by Crippen LogP contribution is -2.43. The van der Waals surface area contributed by atoms with Crippen LogP contribution in [0.2, 0.25) is 0 Å². The average Bonchev–Trinajstić information content (AvgIpc) is 2.72. The van der Waals surface area contributed by atoms with E-state index in [4.69, 9.17) is 4.74 Å². The Morgan fingerprint density at radius 1 is 1.29 bits per heavy atom. The summed E-state index contributed by atoms with van der Waals surface area (Å²) in [5, 5.41) is 16.3. The Labute approximate surface area is 204 Å². The highest BCUT2D eigenvalue weighted by Gasteiger charge is 2.21. The van der Waals surface area contributed by atoms with Gasteiger partial charge in [-0.15, -0.1) is 0 Å². The number of carbonyl (C=O) groups excluding carboxylic acids is 1. The number of rotatable bonds is 9. The van der Waals surface area contributed by atoms with E-state index in [1.165, 1.54) is 37.7 Å². The van der Waals surface area contributed by atoms with Gasteiger partial charge in [0.25, 0.3) is 5.91 Å². The van der Waals surface area contributed by atoms with Crippen molar-refractivity contribution in [1.29, 1.82) is 0 Å². The predicted octanol–water partition coefficient (Wildman–Crippen LogP) is 3.15. The zero-order valence-electron chi connectivity index (χ0n) is 20.3. The van der Waals surface area contributed by atoms with Crippen LogP contribution >= 0.6 is 0 Å². The van der Waals surface area contributed by atoms with Crippen LogP contribution in [0.3, 0.4) is 0 Å². The Kier molecular flexibility index (Phi) is 7.51. The van der Waals surface area contributed by atoms with E-state index in [9.17, 15) is 18.5 Å². The van der Waals surface area contributed by atoms with Gasteiger partial charge < -0.3 is 25.2 Å². The van der Waals surface area contributed by atoms with Crippen molar-refractivity contribution in [2.75, 3.05) is 22.8 Å². The first-order valence-electron chi connectivity index (χ1n) is 10.8. The SMILES string of the molecule is C=S(C)(=O)Nc1cc(C)c2c(Nc3ccc(F)cc3O[C@H](C)C(=O)NCC(C)(C)O)ncnc2c1. The van der Waals surface area contributed by atoms with Crippen LogP contribution in [0.25, 0.3) is 10.9 Å². The number of nitrogens with zero attached hydrogens (tertiary/aromatic N) is 2. The predicted molar refractivity (Wildman–Crippen MR) is 138 cm³/mol. The van der Waals surface area contributed by atoms with Gasteiger partial charge in [-0.1, -0.05) is 0 Å². The summed E-state index contributed by atoms with van der Waals surface area (Å²) in [4.78, 5) is 21.0. The van der Waals surface area contributed by atoms with Crippen LogP contribution in [0.4, 0.5) is 21.6 Å². The summed E-state index contributed by atoms with van der Waals surface area (Å²) in [6, 6.07) is 7.47. The molecular weight excluding hydrogens is 473 g/mol. The number of nitrogens with one attached hydrogen (secondary N) is 3. The van der Waals surface area contributed by atoms with Gasteiger partial charge in [0.15, 0.2) is 6.10 Å². The number of ether oxygens (including phenoxy) is 1. The molecule has 0 saturated heterocycles. The molecule has 0 aliphatic heterocycles. The van der Waals surface area contributed by atoms with Gasteiger partial charge in [-0.3, -0.25) is 4.79 Å². The smallest absolute Gasteiger partial charge is 0.260 e. The quantitative estimate of drug-likeness (QED) is 0.331. The molecule has 1 unspecified atom stereocenters. The van der Waals surface area contributed by atoms with Crippen molar-refractivity contribution in [3.63, 3.8) is 0 Å². The van der Waals surface area contributed by atoms with Gasteiger partial charge in [-0.05, 0) is 63.4 Å². The number of aryl methyl sites for hydroxylation is 1. The molecule has 3 aromatic rings. The monoisotopic (exact) mass is 503 g/mol. The minimum absolute atomic E-state index is 0.0396. The molecule has 9 nitrogen and oxygen atoms in total. The Hall–Kier alpha value is -3.44. The summed E-state index contributed by atoms with van der Waals surface area (Å²) >= 11 is 0. The van der Waals surface area contributed by atoms with Crippen molar-refractivity contribution >= 4 is 49.6 Å². The zero-order valence-corrected chi connectivity index (χ0v) is 21.1. The van der Waals surface area contributed by atoms with Crippen LogP contribution in [-0.4, -0.2) is 55.6 Å². The molecule has 2 atom stereocenters. The lowest BCUT2D eigenvalue weighted by molar-refractivity contribution is -0.128. The maximum atomic E-state index is 14.0. The number of hydrogen-bond acceptors (Lipinski definition) is 7. The standard InChI is InChI=1S/C24H30FN5O4S/c1-14-9-17(30-35(5,6)33)11-19-21(14)22(28-13-27-19)29-18-8-7-16(25)10-20(18)34-15(2)23(31)26-12-24(3,4)32/h7-11,13,15,32H,5,12H2,1-4,6H3,(H,26,31)(H,30,33)(H,27,28,29)/t15-,35?/m1/s1. The minimum Gasteiger partial charge on any atom is -0.479 e. The maximum Gasteiger partial charge on any atom is 0.260 e. The van der Waals surface area contributed by atoms with Gasteiger partial charge in [-0.2, -0.15) is 0 Å². The zero-order chi connectivity index (χ0) is 26.0. The van der Waals surface area contributed by atoms with Gasteiger partial charge in [0.2, 0.25) is 0 Å². The number of anilines is 3. The topological polar surface area (TPSA) is 125 Å². The molecule has 188 valence electrons. The first-order valence-corrected chi connectivity index (χ1v) is 12.9. The molecule has 0 fully saturated rings. The molecule has 0 saturated carbocycles. The largest absolute Gasteiger partial charge is 0.479 e. The summed E-state index contributed by atoms with van der Waals surface area (Å²) in [5.74, 6) is 3.18. The number of hydrogen-bond donors (Lipinski definition) is 4. The van der Waals surface area contributed by atoms with E-state index >= 15 is 0 Å². The Morgan fingerprint density at radius 3 is 2.66 bits per heavy atom. The third kappa shape index (κ3) is 7.27. The van der Waals surface area contributed by atoms with Crippen LogP contribution in [0.15, 0.2) is 36.7 Å². The van der Waals surface area contributed by atoms with Gasteiger partial charge in [0.05, 0.1) is 16.8 Å². The highest BCUT2D eigenvalue weighted by molar-refractivity contribution is 8.00. The number of amides is 1. The van der Waals surface area contributed by atoms with E-state index in [2.05, 4.69) is 31.2 Å². The summed E-state index contributed by atoms with van der Waals surface area (Å²) < 4.78 is 34.7. The first-order chi connectivity index (χ1) is 16.2. The minimum atomic E-state index is -2.47. The Balaban J connectivity index is 1.91. The van der Waals surface area contributed by atoms with Crippen molar-refractivity contribution in [2.45, 2.75) is 39.4 Å². The maximum absolute atomic E-state index is 14.0. The highest BCUT2D eigenvalue weighted by Crippen LogP contribution is 2.33. The van der Waals surface area contributed by atoms with Crippen LogP contribution in [0.1, 0.15) is 26.3 Å². The molecule has 2 aromatic carbocycles. The summed E-state index contributed by atoms with van der Waals surface area (Å²) in [7, 11) is -2.47. The van der Waals surface area contributed by atoms with Crippen LogP contribution in [0.5, 0.6) is 5.75 Å². The molecule has 1 amide bonds. The molecular formula is C24H30FN5O4S. The van der Waals surface area contributed by atoms with E-state index in [0.29, 0.717) is 28.1 Å². The summed E-state index contributed by atoms with van der Waals surface area (Å²) in [6.45, 7) is 6.57. The van der Waals surface area contributed by atoms with Crippen LogP contribution in [0, 0.1) is 12.7 Å². The van der Waals surface area contributed by atoms with Crippen molar-refractivity contribution in [1.82, 2.24) is 15.3 Å². The fourth-order valence-corrected chi connectivity index (χ4v) is 3.93. The number of aromatic nitrogens is 2. The van der Waals surface area contributed by atoms with Gasteiger partial charge in [-0.25, -0.2) is 18.6 Å². The Morgan fingerprint density at radius 2 is 2.00 bits per heavy atom. The van der Waals surface area contributed by atoms with Crippen molar-refractivity contribution in [3.8, 4) is 5.75 Å². The lowest BCUT2D eigenvalue weighted by atomic mass is 10.1. The van der Waals surface area contributed by atoms with Crippen molar-refractivity contribution in [3.05, 3.63) is 48.0 Å². The summed E-state index contributed by atoms with van der Waals surface area (Å²) in [6.07, 6.45) is 1.92. The number of benzene rings is 2. The van der Waals surface area contributed by atoms with E-state index in [1.54, 1.807) is 19.9 Å². The normalized spacial score (nSPS) is 14.1. The molecule has 0 bridgehead atoms. The molecule has 0 spiro atoms. The van der Waals surface area contributed by atoms with E-state index in [1.807, 2.05) is 13.0 Å². The van der Waals surface area contributed by atoms with E-state index in [0.717, 1.165) is 5.56 Å². The van der Waals surface area contributed by atoms with Crippen LogP contribution in [-0.2, 0) is 14.5 Å². The van der Waals surface area contributed by atoms with E-state index < -0.39 is 33.1 Å². The molecule has 0 aliphatic rings. The first kappa shape index (κ1) is 26.2. The van der Waals surface area contributed by atoms with E-state index in [-0.39, 0.29) is 12.3 Å². The second-order valence-electron chi connectivity index (χ2n) is 9.07. The molecule has 11 heteroatoms. The summed E-state index contributed by atoms with van der Waals surface area (Å²) in [5.41, 5.74) is 1.32. The van der Waals surface area contributed by atoms with Crippen molar-refractivity contribution in [2.24, 2.45) is 0 Å². The number of halogens is 1. The van der Waals surface area contributed by atoms with Gasteiger partial charge in [0, 0.05) is 39.6 Å². The molecule has 1 heterocycles. The Bertz CT molecular complexity index is 1360. The second kappa shape index (κ2) is 10.0. The molecule has 3 rings (SSSR count). The number of carbonyl (C=O) groups is 1.